The van der Waals surface area contributed by atoms with Crippen LogP contribution in [0.5, 0.6) is 0 Å². The average molecular weight is 358 g/mol. The van der Waals surface area contributed by atoms with Crippen LogP contribution in [0.1, 0.15) is 42.4 Å². The summed E-state index contributed by atoms with van der Waals surface area (Å²) in [5.74, 6) is 0.0147. The SMILES string of the molecule is Cc1nc(CNC(=O)C(c2ccc(F)cc2)N2CCCCC2)cc(=O)[nH]1. The maximum absolute atomic E-state index is 13.3. The van der Waals surface area contributed by atoms with Gasteiger partial charge in [0.2, 0.25) is 5.91 Å². The number of carbonyl (C=O) groups excluding carboxylic acids is 1. The largest absolute Gasteiger partial charge is 0.349 e. The van der Waals surface area contributed by atoms with Gasteiger partial charge in [-0.3, -0.25) is 14.5 Å². The minimum absolute atomic E-state index is 0.168. The Morgan fingerprint density at radius 1 is 1.27 bits per heavy atom. The summed E-state index contributed by atoms with van der Waals surface area (Å²) in [4.78, 5) is 33.4. The third kappa shape index (κ3) is 4.54. The maximum Gasteiger partial charge on any atom is 0.251 e. The Kier molecular flexibility index (Phi) is 5.78. The first-order valence-electron chi connectivity index (χ1n) is 8.87. The molecule has 26 heavy (non-hydrogen) atoms. The number of amides is 1. The summed E-state index contributed by atoms with van der Waals surface area (Å²) in [7, 11) is 0. The summed E-state index contributed by atoms with van der Waals surface area (Å²) in [6.45, 7) is 3.53. The van der Waals surface area contributed by atoms with Gasteiger partial charge in [-0.1, -0.05) is 18.6 Å². The lowest BCUT2D eigenvalue weighted by Crippen LogP contribution is -2.43. The van der Waals surface area contributed by atoms with Crippen LogP contribution in [0.15, 0.2) is 35.1 Å². The molecule has 0 saturated carbocycles. The molecule has 3 rings (SSSR count). The first-order chi connectivity index (χ1) is 12.5. The van der Waals surface area contributed by atoms with Crippen LogP contribution in [-0.2, 0) is 11.3 Å². The summed E-state index contributed by atoms with van der Waals surface area (Å²) in [6.07, 6.45) is 3.24. The molecule has 1 unspecified atom stereocenters. The molecule has 7 heteroatoms. The smallest absolute Gasteiger partial charge is 0.251 e. The monoisotopic (exact) mass is 358 g/mol. The van der Waals surface area contributed by atoms with Gasteiger partial charge in [0.1, 0.15) is 17.7 Å². The van der Waals surface area contributed by atoms with Crippen molar-refractivity contribution in [3.8, 4) is 0 Å². The highest BCUT2D eigenvalue weighted by atomic mass is 19.1. The van der Waals surface area contributed by atoms with E-state index in [2.05, 4.69) is 20.2 Å². The van der Waals surface area contributed by atoms with Crippen molar-refractivity contribution in [1.29, 1.82) is 0 Å². The topological polar surface area (TPSA) is 78.1 Å². The number of hydrogen-bond donors (Lipinski definition) is 2. The van der Waals surface area contributed by atoms with Crippen molar-refractivity contribution >= 4 is 5.91 Å². The number of nitrogens with one attached hydrogen (secondary N) is 2. The molecular formula is C19H23FN4O2. The van der Waals surface area contributed by atoms with E-state index >= 15 is 0 Å². The number of H-pyrrole nitrogens is 1. The summed E-state index contributed by atoms with van der Waals surface area (Å²) < 4.78 is 13.3. The Morgan fingerprint density at radius 2 is 1.96 bits per heavy atom. The Balaban J connectivity index is 1.77. The number of nitrogens with zero attached hydrogens (tertiary/aromatic N) is 2. The Labute approximate surface area is 151 Å². The third-order valence-electron chi connectivity index (χ3n) is 4.55. The molecule has 0 spiro atoms. The van der Waals surface area contributed by atoms with Gasteiger partial charge in [0.25, 0.3) is 5.56 Å². The van der Waals surface area contributed by atoms with Gasteiger partial charge < -0.3 is 10.3 Å². The molecule has 0 radical (unpaired) electrons. The minimum atomic E-state index is -0.473. The van der Waals surface area contributed by atoms with Gasteiger partial charge in [0.15, 0.2) is 0 Å². The molecule has 1 aromatic heterocycles. The Morgan fingerprint density at radius 3 is 2.62 bits per heavy atom. The zero-order chi connectivity index (χ0) is 18.5. The van der Waals surface area contributed by atoms with E-state index in [9.17, 15) is 14.0 Å². The molecule has 1 amide bonds. The zero-order valence-electron chi connectivity index (χ0n) is 14.8. The van der Waals surface area contributed by atoms with Crippen molar-refractivity contribution in [3.05, 3.63) is 63.6 Å². The number of likely N-dealkylation sites (tertiary alicyclic amines) is 1. The van der Waals surface area contributed by atoms with E-state index < -0.39 is 6.04 Å². The first kappa shape index (κ1) is 18.3. The van der Waals surface area contributed by atoms with E-state index in [1.165, 1.54) is 18.2 Å². The van der Waals surface area contributed by atoms with Gasteiger partial charge in [0.05, 0.1) is 12.2 Å². The fourth-order valence-corrected chi connectivity index (χ4v) is 3.36. The van der Waals surface area contributed by atoms with E-state index in [0.29, 0.717) is 11.5 Å². The van der Waals surface area contributed by atoms with E-state index in [1.807, 2.05) is 0 Å². The molecule has 2 N–H and O–H groups in total. The van der Waals surface area contributed by atoms with Crippen LogP contribution >= 0.6 is 0 Å². The van der Waals surface area contributed by atoms with Gasteiger partial charge in [0, 0.05) is 6.07 Å². The summed E-state index contributed by atoms with van der Waals surface area (Å²) in [6, 6.07) is 6.97. The van der Waals surface area contributed by atoms with Crippen LogP contribution in [0, 0.1) is 12.7 Å². The predicted molar refractivity (Wildman–Crippen MR) is 96.0 cm³/mol. The average Bonchev–Trinajstić information content (AvgIpc) is 2.62. The molecule has 0 aliphatic carbocycles. The van der Waals surface area contributed by atoms with Crippen LogP contribution in [0.2, 0.25) is 0 Å². The number of aromatic nitrogens is 2. The molecule has 1 aliphatic heterocycles. The molecule has 1 fully saturated rings. The molecule has 2 heterocycles. The molecule has 2 aromatic rings. The Bertz CT molecular complexity index is 813. The highest BCUT2D eigenvalue weighted by molar-refractivity contribution is 5.83. The third-order valence-corrected chi connectivity index (χ3v) is 4.55. The highest BCUT2D eigenvalue weighted by Gasteiger charge is 2.28. The summed E-state index contributed by atoms with van der Waals surface area (Å²) in [5, 5.41) is 2.87. The molecule has 138 valence electrons. The molecular weight excluding hydrogens is 335 g/mol. The van der Waals surface area contributed by atoms with Crippen molar-refractivity contribution < 1.29 is 9.18 Å². The van der Waals surface area contributed by atoms with Crippen LogP contribution in [0.3, 0.4) is 0 Å². The number of hydrogen-bond acceptors (Lipinski definition) is 4. The van der Waals surface area contributed by atoms with Crippen LogP contribution in [0.25, 0.3) is 0 Å². The first-order valence-corrected chi connectivity index (χ1v) is 8.87. The Hall–Kier alpha value is -2.54. The second-order valence-electron chi connectivity index (χ2n) is 6.59. The number of aryl methyl sites for hydroxylation is 1. The van der Waals surface area contributed by atoms with Gasteiger partial charge in [-0.15, -0.1) is 0 Å². The number of aromatic amines is 1. The van der Waals surface area contributed by atoms with Crippen molar-refractivity contribution in [2.24, 2.45) is 0 Å². The minimum Gasteiger partial charge on any atom is -0.349 e. The van der Waals surface area contributed by atoms with Crippen molar-refractivity contribution in [1.82, 2.24) is 20.2 Å². The van der Waals surface area contributed by atoms with E-state index in [-0.39, 0.29) is 23.8 Å². The molecule has 1 aromatic carbocycles. The number of halogens is 1. The quantitative estimate of drug-likeness (QED) is 0.858. The predicted octanol–water partition coefficient (Wildman–Crippen LogP) is 2.06. The number of benzene rings is 1. The molecule has 6 nitrogen and oxygen atoms in total. The standard InChI is InChI=1S/C19H23FN4O2/c1-13-22-16(11-17(25)23-13)12-21-19(26)18(24-9-3-2-4-10-24)14-5-7-15(20)8-6-14/h5-8,11,18H,2-4,9-10,12H2,1H3,(H,21,26)(H,22,23,25). The number of carbonyl (C=O) groups is 1. The summed E-state index contributed by atoms with van der Waals surface area (Å²) in [5.41, 5.74) is 1.03. The molecule has 0 bridgehead atoms. The summed E-state index contributed by atoms with van der Waals surface area (Å²) >= 11 is 0. The van der Waals surface area contributed by atoms with E-state index in [0.717, 1.165) is 37.9 Å². The lowest BCUT2D eigenvalue weighted by atomic mass is 10.0. The molecule has 1 saturated heterocycles. The number of piperidine rings is 1. The number of rotatable bonds is 5. The highest BCUT2D eigenvalue weighted by Crippen LogP contribution is 2.25. The lowest BCUT2D eigenvalue weighted by molar-refractivity contribution is -0.127. The molecule has 1 aliphatic rings. The van der Waals surface area contributed by atoms with Crippen LogP contribution in [0.4, 0.5) is 4.39 Å². The van der Waals surface area contributed by atoms with Gasteiger partial charge in [-0.05, 0) is 50.6 Å². The fraction of sp³-hybridized carbons (Fsp3) is 0.421. The van der Waals surface area contributed by atoms with Crippen LogP contribution < -0.4 is 10.9 Å². The van der Waals surface area contributed by atoms with E-state index in [4.69, 9.17) is 0 Å². The van der Waals surface area contributed by atoms with Gasteiger partial charge in [-0.2, -0.15) is 0 Å². The van der Waals surface area contributed by atoms with Crippen molar-refractivity contribution in [2.45, 2.75) is 38.8 Å². The fourth-order valence-electron chi connectivity index (χ4n) is 3.36. The van der Waals surface area contributed by atoms with Gasteiger partial charge in [-0.25, -0.2) is 9.37 Å². The van der Waals surface area contributed by atoms with Crippen molar-refractivity contribution in [2.75, 3.05) is 13.1 Å². The van der Waals surface area contributed by atoms with E-state index in [1.54, 1.807) is 19.1 Å². The second kappa shape index (κ2) is 8.23. The lowest BCUT2D eigenvalue weighted by Gasteiger charge is -2.33. The second-order valence-corrected chi connectivity index (χ2v) is 6.59. The van der Waals surface area contributed by atoms with Gasteiger partial charge >= 0.3 is 0 Å². The zero-order valence-corrected chi connectivity index (χ0v) is 14.8. The van der Waals surface area contributed by atoms with Crippen LogP contribution in [-0.4, -0.2) is 33.9 Å². The maximum atomic E-state index is 13.3. The van der Waals surface area contributed by atoms with Crippen molar-refractivity contribution in [3.63, 3.8) is 0 Å². The normalized spacial score (nSPS) is 16.2. The molecule has 1 atom stereocenters.